The van der Waals surface area contributed by atoms with Crippen molar-refractivity contribution in [2.24, 2.45) is 0 Å². The predicted molar refractivity (Wildman–Crippen MR) is 61.6 cm³/mol. The molecular formula is C11H14BrNO3. The first kappa shape index (κ1) is 11.6. The standard InChI is InChI=1S/C11H14BrNO3/c12-10-8(9(11(14)15)16-13-10)7-5-3-1-2-4-6-7/h7H,1-6H2,(H,14,15). The summed E-state index contributed by atoms with van der Waals surface area (Å²) in [5, 5.41) is 12.7. The Kier molecular flexibility index (Phi) is 3.63. The molecular weight excluding hydrogens is 274 g/mol. The Morgan fingerprint density at radius 3 is 2.50 bits per heavy atom. The molecule has 88 valence electrons. The van der Waals surface area contributed by atoms with Gasteiger partial charge in [-0.1, -0.05) is 30.8 Å². The van der Waals surface area contributed by atoms with Crippen LogP contribution in [-0.2, 0) is 0 Å². The van der Waals surface area contributed by atoms with Crippen molar-refractivity contribution >= 4 is 21.9 Å². The molecule has 0 radical (unpaired) electrons. The summed E-state index contributed by atoms with van der Waals surface area (Å²) >= 11 is 3.28. The average Bonchev–Trinajstić information content (AvgIpc) is 2.50. The summed E-state index contributed by atoms with van der Waals surface area (Å²) < 4.78 is 5.41. The topological polar surface area (TPSA) is 63.3 Å². The molecule has 16 heavy (non-hydrogen) atoms. The lowest BCUT2D eigenvalue weighted by atomic mass is 9.92. The number of carboxylic acids is 1. The lowest BCUT2D eigenvalue weighted by Gasteiger charge is -2.12. The van der Waals surface area contributed by atoms with E-state index in [0.717, 1.165) is 31.2 Å². The molecule has 1 aromatic heterocycles. The van der Waals surface area contributed by atoms with E-state index in [1.807, 2.05) is 0 Å². The average molecular weight is 288 g/mol. The fraction of sp³-hybridized carbons (Fsp3) is 0.636. The van der Waals surface area contributed by atoms with Gasteiger partial charge < -0.3 is 9.63 Å². The van der Waals surface area contributed by atoms with Crippen LogP contribution in [0.1, 0.15) is 60.6 Å². The fourth-order valence-corrected chi connectivity index (χ4v) is 2.93. The highest BCUT2D eigenvalue weighted by atomic mass is 79.9. The number of nitrogens with zero attached hydrogens (tertiary/aromatic N) is 1. The molecule has 0 aromatic carbocycles. The van der Waals surface area contributed by atoms with Crippen molar-refractivity contribution in [1.29, 1.82) is 0 Å². The van der Waals surface area contributed by atoms with E-state index in [0.29, 0.717) is 4.60 Å². The van der Waals surface area contributed by atoms with Gasteiger partial charge >= 0.3 is 5.97 Å². The Bertz CT molecular complexity index is 381. The van der Waals surface area contributed by atoms with Gasteiger partial charge in [0.25, 0.3) is 0 Å². The Morgan fingerprint density at radius 2 is 1.94 bits per heavy atom. The predicted octanol–water partition coefficient (Wildman–Crippen LogP) is 3.57. The van der Waals surface area contributed by atoms with Gasteiger partial charge in [-0.2, -0.15) is 0 Å². The Hall–Kier alpha value is -0.840. The van der Waals surface area contributed by atoms with E-state index in [-0.39, 0.29) is 11.7 Å². The molecule has 1 fully saturated rings. The molecule has 1 aromatic rings. The van der Waals surface area contributed by atoms with E-state index in [4.69, 9.17) is 9.63 Å². The number of carbonyl (C=O) groups is 1. The maximum Gasteiger partial charge on any atom is 0.375 e. The highest BCUT2D eigenvalue weighted by molar-refractivity contribution is 9.10. The quantitative estimate of drug-likeness (QED) is 0.845. The summed E-state index contributed by atoms with van der Waals surface area (Å²) in [7, 11) is 0. The number of aromatic nitrogens is 1. The Balaban J connectivity index is 2.29. The maximum atomic E-state index is 11.0. The van der Waals surface area contributed by atoms with Crippen molar-refractivity contribution in [2.45, 2.75) is 44.4 Å². The van der Waals surface area contributed by atoms with Gasteiger partial charge in [-0.3, -0.25) is 0 Å². The number of hydrogen-bond donors (Lipinski definition) is 1. The normalized spacial score (nSPS) is 18.3. The van der Waals surface area contributed by atoms with Gasteiger partial charge in [-0.25, -0.2) is 4.79 Å². The van der Waals surface area contributed by atoms with Gasteiger partial charge in [0.05, 0.1) is 0 Å². The summed E-state index contributed by atoms with van der Waals surface area (Å²) in [6.45, 7) is 0. The van der Waals surface area contributed by atoms with Crippen molar-refractivity contribution < 1.29 is 14.4 Å². The maximum absolute atomic E-state index is 11.0. The molecule has 0 bridgehead atoms. The van der Waals surface area contributed by atoms with Crippen molar-refractivity contribution in [1.82, 2.24) is 5.16 Å². The van der Waals surface area contributed by atoms with E-state index >= 15 is 0 Å². The summed E-state index contributed by atoms with van der Waals surface area (Å²) in [4.78, 5) is 11.0. The van der Waals surface area contributed by atoms with Crippen LogP contribution in [0.2, 0.25) is 0 Å². The molecule has 1 N–H and O–H groups in total. The van der Waals surface area contributed by atoms with Gasteiger partial charge in [0.15, 0.2) is 4.60 Å². The third-order valence-electron chi connectivity index (χ3n) is 3.14. The molecule has 5 heteroatoms. The first-order chi connectivity index (χ1) is 7.70. The third kappa shape index (κ3) is 2.29. The molecule has 0 atom stereocenters. The van der Waals surface area contributed by atoms with Crippen LogP contribution in [0.15, 0.2) is 9.13 Å². The molecule has 1 saturated carbocycles. The molecule has 1 heterocycles. The van der Waals surface area contributed by atoms with E-state index < -0.39 is 5.97 Å². The summed E-state index contributed by atoms with van der Waals surface area (Å²) in [6, 6.07) is 0. The van der Waals surface area contributed by atoms with E-state index in [1.54, 1.807) is 0 Å². The van der Waals surface area contributed by atoms with Crippen LogP contribution in [0.3, 0.4) is 0 Å². The fourth-order valence-electron chi connectivity index (χ4n) is 2.35. The minimum atomic E-state index is -1.03. The Morgan fingerprint density at radius 1 is 1.31 bits per heavy atom. The second-order valence-corrected chi connectivity index (χ2v) is 4.96. The molecule has 0 aliphatic heterocycles. The van der Waals surface area contributed by atoms with Gasteiger partial charge in [-0.05, 0) is 34.7 Å². The van der Waals surface area contributed by atoms with Crippen molar-refractivity contribution in [2.75, 3.05) is 0 Å². The molecule has 0 amide bonds. The second kappa shape index (κ2) is 4.99. The molecule has 0 saturated heterocycles. The lowest BCUT2D eigenvalue weighted by Crippen LogP contribution is -2.05. The van der Waals surface area contributed by atoms with Crippen LogP contribution in [0.4, 0.5) is 0 Å². The molecule has 4 nitrogen and oxygen atoms in total. The molecule has 2 rings (SSSR count). The van der Waals surface area contributed by atoms with E-state index in [1.165, 1.54) is 12.8 Å². The van der Waals surface area contributed by atoms with Crippen molar-refractivity contribution in [3.8, 4) is 0 Å². The molecule has 1 aliphatic carbocycles. The van der Waals surface area contributed by atoms with E-state index in [2.05, 4.69) is 21.1 Å². The van der Waals surface area contributed by atoms with Gasteiger partial charge in [0, 0.05) is 5.56 Å². The highest BCUT2D eigenvalue weighted by Crippen LogP contribution is 2.37. The molecule has 0 spiro atoms. The smallest absolute Gasteiger partial charge is 0.375 e. The van der Waals surface area contributed by atoms with Gasteiger partial charge in [0.2, 0.25) is 5.76 Å². The summed E-state index contributed by atoms with van der Waals surface area (Å²) in [6.07, 6.45) is 6.84. The zero-order valence-electron chi connectivity index (χ0n) is 8.91. The first-order valence-corrected chi connectivity index (χ1v) is 6.38. The number of aromatic carboxylic acids is 1. The number of carboxylic acid groups (broad SMARTS) is 1. The first-order valence-electron chi connectivity index (χ1n) is 5.58. The van der Waals surface area contributed by atoms with E-state index in [9.17, 15) is 4.79 Å². The SMILES string of the molecule is O=C(O)c1onc(Br)c1C1CCCCCC1. The van der Waals surface area contributed by atoms with Crippen molar-refractivity contribution in [3.63, 3.8) is 0 Å². The summed E-state index contributed by atoms with van der Waals surface area (Å²) in [5.41, 5.74) is 0.745. The second-order valence-electron chi connectivity index (χ2n) is 4.21. The third-order valence-corrected chi connectivity index (χ3v) is 3.71. The van der Waals surface area contributed by atoms with Crippen LogP contribution in [0.5, 0.6) is 0 Å². The molecule has 1 aliphatic rings. The molecule has 0 unspecified atom stereocenters. The van der Waals surface area contributed by atoms with Gasteiger partial charge in [-0.15, -0.1) is 0 Å². The van der Waals surface area contributed by atoms with Gasteiger partial charge in [0.1, 0.15) is 0 Å². The van der Waals surface area contributed by atoms with Crippen LogP contribution in [0.25, 0.3) is 0 Å². The zero-order chi connectivity index (χ0) is 11.5. The highest BCUT2D eigenvalue weighted by Gasteiger charge is 2.27. The van der Waals surface area contributed by atoms with Crippen LogP contribution < -0.4 is 0 Å². The number of rotatable bonds is 2. The minimum Gasteiger partial charge on any atom is -0.475 e. The van der Waals surface area contributed by atoms with Crippen LogP contribution in [0, 0.1) is 0 Å². The number of hydrogen-bond acceptors (Lipinski definition) is 3. The zero-order valence-corrected chi connectivity index (χ0v) is 10.5. The van der Waals surface area contributed by atoms with Crippen molar-refractivity contribution in [3.05, 3.63) is 15.9 Å². The number of halogens is 1. The van der Waals surface area contributed by atoms with Crippen LogP contribution in [-0.4, -0.2) is 16.2 Å². The lowest BCUT2D eigenvalue weighted by molar-refractivity contribution is 0.0649. The van der Waals surface area contributed by atoms with Crippen LogP contribution >= 0.6 is 15.9 Å². The largest absolute Gasteiger partial charge is 0.475 e. The minimum absolute atomic E-state index is 0.00113. The summed E-state index contributed by atoms with van der Waals surface area (Å²) in [5.74, 6) is -0.759. The monoisotopic (exact) mass is 287 g/mol. The Labute approximate surface area is 102 Å².